The second-order valence-corrected chi connectivity index (χ2v) is 6.10. The SMILES string of the molecule is Cc1csc(NC(=O)c2ccc(-n3c(C)ccc3C)cc2)n1. The number of anilines is 1. The Morgan fingerprint density at radius 3 is 2.23 bits per heavy atom. The van der Waals surface area contributed by atoms with Crippen LogP contribution >= 0.6 is 11.3 Å². The van der Waals surface area contributed by atoms with Gasteiger partial charge in [0.25, 0.3) is 5.91 Å². The fraction of sp³-hybridized carbons (Fsp3) is 0.176. The minimum absolute atomic E-state index is 0.137. The highest BCUT2D eigenvalue weighted by Crippen LogP contribution is 2.19. The molecule has 3 rings (SSSR count). The number of rotatable bonds is 3. The number of benzene rings is 1. The average molecular weight is 311 g/mol. The number of carbonyl (C=O) groups excluding carboxylic acids is 1. The summed E-state index contributed by atoms with van der Waals surface area (Å²) in [6.07, 6.45) is 0. The third kappa shape index (κ3) is 2.80. The van der Waals surface area contributed by atoms with Gasteiger partial charge in [0.05, 0.1) is 5.69 Å². The molecule has 0 atom stereocenters. The summed E-state index contributed by atoms with van der Waals surface area (Å²) in [4.78, 5) is 16.4. The molecule has 0 unspecified atom stereocenters. The van der Waals surface area contributed by atoms with E-state index in [1.165, 1.54) is 22.7 Å². The molecule has 0 fully saturated rings. The number of nitrogens with zero attached hydrogens (tertiary/aromatic N) is 2. The molecule has 0 aliphatic carbocycles. The van der Waals surface area contributed by atoms with Crippen molar-refractivity contribution in [3.8, 4) is 5.69 Å². The first-order valence-corrected chi connectivity index (χ1v) is 7.91. The van der Waals surface area contributed by atoms with Crippen LogP contribution in [0.25, 0.3) is 5.69 Å². The Hall–Kier alpha value is -2.40. The van der Waals surface area contributed by atoms with Gasteiger partial charge in [-0.2, -0.15) is 0 Å². The van der Waals surface area contributed by atoms with Crippen LogP contribution in [0.2, 0.25) is 0 Å². The van der Waals surface area contributed by atoms with Crippen molar-refractivity contribution in [3.05, 3.63) is 64.4 Å². The van der Waals surface area contributed by atoms with Gasteiger partial charge in [-0.1, -0.05) is 0 Å². The summed E-state index contributed by atoms with van der Waals surface area (Å²) in [5, 5.41) is 5.36. The fourth-order valence-electron chi connectivity index (χ4n) is 2.42. The van der Waals surface area contributed by atoms with Gasteiger partial charge in [-0.25, -0.2) is 4.98 Å². The Bertz CT molecular complexity index is 795. The molecule has 0 saturated carbocycles. The van der Waals surface area contributed by atoms with E-state index < -0.39 is 0 Å². The lowest BCUT2D eigenvalue weighted by molar-refractivity contribution is 0.102. The fourth-order valence-corrected chi connectivity index (χ4v) is 3.10. The minimum atomic E-state index is -0.137. The van der Waals surface area contributed by atoms with Gasteiger partial charge in [-0.15, -0.1) is 11.3 Å². The first kappa shape index (κ1) is 14.5. The van der Waals surface area contributed by atoms with Gasteiger partial charge < -0.3 is 4.57 Å². The lowest BCUT2D eigenvalue weighted by Gasteiger charge is -2.10. The van der Waals surface area contributed by atoms with Crippen LogP contribution in [0.15, 0.2) is 41.8 Å². The predicted molar refractivity (Wildman–Crippen MR) is 90.0 cm³/mol. The molecule has 0 aliphatic rings. The Kier molecular flexibility index (Phi) is 3.81. The van der Waals surface area contributed by atoms with Crippen LogP contribution in [-0.2, 0) is 0 Å². The Morgan fingerprint density at radius 2 is 1.68 bits per heavy atom. The van der Waals surface area contributed by atoms with Crippen molar-refractivity contribution in [2.45, 2.75) is 20.8 Å². The van der Waals surface area contributed by atoms with Crippen molar-refractivity contribution in [1.82, 2.24) is 9.55 Å². The maximum absolute atomic E-state index is 12.2. The van der Waals surface area contributed by atoms with Gasteiger partial charge in [0.2, 0.25) is 0 Å². The summed E-state index contributed by atoms with van der Waals surface area (Å²) >= 11 is 1.43. The Balaban J connectivity index is 1.81. The van der Waals surface area contributed by atoms with E-state index in [2.05, 4.69) is 40.8 Å². The summed E-state index contributed by atoms with van der Waals surface area (Å²) in [5.41, 5.74) is 4.94. The Labute approximate surface area is 133 Å². The zero-order chi connectivity index (χ0) is 15.7. The van der Waals surface area contributed by atoms with Crippen LogP contribution < -0.4 is 5.32 Å². The number of hydrogen-bond acceptors (Lipinski definition) is 3. The number of amides is 1. The van der Waals surface area contributed by atoms with Crippen molar-refractivity contribution >= 4 is 22.4 Å². The molecular weight excluding hydrogens is 294 g/mol. The topological polar surface area (TPSA) is 46.9 Å². The summed E-state index contributed by atoms with van der Waals surface area (Å²) in [5.74, 6) is -0.137. The van der Waals surface area contributed by atoms with Crippen LogP contribution in [0.5, 0.6) is 0 Å². The van der Waals surface area contributed by atoms with E-state index in [1.54, 1.807) is 0 Å². The molecule has 5 heteroatoms. The zero-order valence-electron chi connectivity index (χ0n) is 12.8. The molecule has 1 N–H and O–H groups in total. The van der Waals surface area contributed by atoms with Gasteiger partial charge in [0.15, 0.2) is 5.13 Å². The molecule has 1 amide bonds. The van der Waals surface area contributed by atoms with E-state index in [1.807, 2.05) is 36.6 Å². The number of nitrogens with one attached hydrogen (secondary N) is 1. The highest BCUT2D eigenvalue weighted by atomic mass is 32.1. The molecule has 1 aromatic carbocycles. The number of carbonyl (C=O) groups is 1. The van der Waals surface area contributed by atoms with Crippen molar-refractivity contribution in [2.24, 2.45) is 0 Å². The predicted octanol–water partition coefficient (Wildman–Crippen LogP) is 4.11. The molecule has 0 spiro atoms. The number of aromatic nitrogens is 2. The first-order chi connectivity index (χ1) is 10.5. The standard InChI is InChI=1S/C17H17N3OS/c1-11-10-22-17(18-11)19-16(21)14-6-8-15(9-7-14)20-12(2)4-5-13(20)3/h4-10H,1-3H3,(H,18,19,21). The molecule has 4 nitrogen and oxygen atoms in total. The lowest BCUT2D eigenvalue weighted by atomic mass is 10.2. The van der Waals surface area contributed by atoms with Crippen LogP contribution in [-0.4, -0.2) is 15.5 Å². The molecule has 0 aliphatic heterocycles. The second kappa shape index (κ2) is 5.77. The lowest BCUT2D eigenvalue weighted by Crippen LogP contribution is -2.11. The molecular formula is C17H17N3OS. The Morgan fingerprint density at radius 1 is 1.05 bits per heavy atom. The smallest absolute Gasteiger partial charge is 0.257 e. The number of aryl methyl sites for hydroxylation is 3. The van der Waals surface area contributed by atoms with Gasteiger partial charge in [0, 0.05) is 28.0 Å². The third-order valence-corrected chi connectivity index (χ3v) is 4.37. The molecule has 3 aromatic rings. The van der Waals surface area contributed by atoms with E-state index in [0.717, 1.165) is 11.4 Å². The van der Waals surface area contributed by atoms with Crippen molar-refractivity contribution in [1.29, 1.82) is 0 Å². The van der Waals surface area contributed by atoms with Gasteiger partial charge in [0.1, 0.15) is 0 Å². The average Bonchev–Trinajstić information content (AvgIpc) is 3.05. The maximum Gasteiger partial charge on any atom is 0.257 e. The maximum atomic E-state index is 12.2. The van der Waals surface area contributed by atoms with Crippen LogP contribution in [0.1, 0.15) is 27.4 Å². The van der Waals surface area contributed by atoms with Crippen LogP contribution in [0.3, 0.4) is 0 Å². The number of hydrogen-bond donors (Lipinski definition) is 1. The van der Waals surface area contributed by atoms with Crippen molar-refractivity contribution < 1.29 is 4.79 Å². The monoisotopic (exact) mass is 311 g/mol. The minimum Gasteiger partial charge on any atom is -0.319 e. The van der Waals surface area contributed by atoms with E-state index in [4.69, 9.17) is 0 Å². The highest BCUT2D eigenvalue weighted by molar-refractivity contribution is 7.13. The molecule has 0 bridgehead atoms. The summed E-state index contributed by atoms with van der Waals surface area (Å²) in [7, 11) is 0. The van der Waals surface area contributed by atoms with Crippen LogP contribution in [0, 0.1) is 20.8 Å². The van der Waals surface area contributed by atoms with E-state index in [9.17, 15) is 4.79 Å². The molecule has 112 valence electrons. The third-order valence-electron chi connectivity index (χ3n) is 3.50. The summed E-state index contributed by atoms with van der Waals surface area (Å²) in [6, 6.07) is 11.8. The molecule has 2 heterocycles. The first-order valence-electron chi connectivity index (χ1n) is 7.03. The van der Waals surface area contributed by atoms with Crippen molar-refractivity contribution in [2.75, 3.05) is 5.32 Å². The molecule has 2 aromatic heterocycles. The van der Waals surface area contributed by atoms with Crippen LogP contribution in [0.4, 0.5) is 5.13 Å². The highest BCUT2D eigenvalue weighted by Gasteiger charge is 2.09. The zero-order valence-corrected chi connectivity index (χ0v) is 13.6. The van der Waals surface area contributed by atoms with Gasteiger partial charge in [-0.05, 0) is 57.2 Å². The molecule has 22 heavy (non-hydrogen) atoms. The second-order valence-electron chi connectivity index (χ2n) is 5.25. The van der Waals surface area contributed by atoms with Gasteiger partial charge >= 0.3 is 0 Å². The summed E-state index contributed by atoms with van der Waals surface area (Å²) in [6.45, 7) is 6.04. The molecule has 0 radical (unpaired) electrons. The van der Waals surface area contributed by atoms with Crippen molar-refractivity contribution in [3.63, 3.8) is 0 Å². The van der Waals surface area contributed by atoms with E-state index >= 15 is 0 Å². The molecule has 0 saturated heterocycles. The number of thiazole rings is 1. The van der Waals surface area contributed by atoms with Gasteiger partial charge in [-0.3, -0.25) is 10.1 Å². The summed E-state index contributed by atoms with van der Waals surface area (Å²) < 4.78 is 2.16. The van der Waals surface area contributed by atoms with E-state index in [-0.39, 0.29) is 5.91 Å². The van der Waals surface area contributed by atoms with E-state index in [0.29, 0.717) is 10.7 Å². The quantitative estimate of drug-likeness (QED) is 0.791. The largest absolute Gasteiger partial charge is 0.319 e. The normalized spacial score (nSPS) is 10.7.